The molecular weight excluding hydrogens is 214 g/mol. The minimum absolute atomic E-state index is 0.126. The quantitative estimate of drug-likeness (QED) is 0.783. The van der Waals surface area contributed by atoms with Crippen LogP contribution in [0.15, 0.2) is 12.4 Å². The van der Waals surface area contributed by atoms with Gasteiger partial charge in [-0.25, -0.2) is 9.97 Å². The van der Waals surface area contributed by atoms with Gasteiger partial charge in [0.1, 0.15) is 5.82 Å². The van der Waals surface area contributed by atoms with Crippen LogP contribution in [0, 0.1) is 0 Å². The van der Waals surface area contributed by atoms with Gasteiger partial charge < -0.3 is 10.1 Å². The van der Waals surface area contributed by atoms with Crippen LogP contribution in [0.5, 0.6) is 0 Å². The summed E-state index contributed by atoms with van der Waals surface area (Å²) in [7, 11) is 0. The molecule has 2 aliphatic heterocycles. The third-order valence-electron chi connectivity index (χ3n) is 3.00. The van der Waals surface area contributed by atoms with Crippen LogP contribution >= 0.6 is 11.6 Å². The van der Waals surface area contributed by atoms with Crippen molar-refractivity contribution in [1.29, 1.82) is 0 Å². The van der Waals surface area contributed by atoms with E-state index in [0.717, 1.165) is 25.2 Å². The highest BCUT2D eigenvalue weighted by atomic mass is 35.5. The SMILES string of the molecule is Clc1cnc(C2NCC3CCC2O3)nc1. The Labute approximate surface area is 93.0 Å². The van der Waals surface area contributed by atoms with E-state index in [1.807, 2.05) is 0 Å². The van der Waals surface area contributed by atoms with Crippen molar-refractivity contribution in [2.75, 3.05) is 6.54 Å². The molecule has 2 aliphatic rings. The van der Waals surface area contributed by atoms with Crippen LogP contribution in [0.2, 0.25) is 5.02 Å². The van der Waals surface area contributed by atoms with Crippen molar-refractivity contribution in [3.63, 3.8) is 0 Å². The van der Waals surface area contributed by atoms with Gasteiger partial charge in [0.2, 0.25) is 0 Å². The first-order valence-corrected chi connectivity index (χ1v) is 5.57. The van der Waals surface area contributed by atoms with Crippen LogP contribution in [0.25, 0.3) is 0 Å². The molecule has 2 fully saturated rings. The Bertz CT molecular complexity index is 356. The number of nitrogens with zero attached hydrogens (tertiary/aromatic N) is 2. The van der Waals surface area contributed by atoms with E-state index in [9.17, 15) is 0 Å². The molecule has 1 aromatic rings. The lowest BCUT2D eigenvalue weighted by Crippen LogP contribution is -2.42. The number of rotatable bonds is 1. The number of hydrogen-bond acceptors (Lipinski definition) is 4. The summed E-state index contributed by atoms with van der Waals surface area (Å²) in [5, 5.41) is 3.99. The molecular formula is C10H12ClN3O. The largest absolute Gasteiger partial charge is 0.372 e. The average Bonchev–Trinajstić information content (AvgIpc) is 2.63. The normalized spacial score (nSPS) is 34.3. The van der Waals surface area contributed by atoms with E-state index in [4.69, 9.17) is 16.3 Å². The number of fused-ring (bicyclic) bond motifs is 2. The van der Waals surface area contributed by atoms with E-state index in [1.54, 1.807) is 12.4 Å². The first kappa shape index (κ1) is 9.51. The van der Waals surface area contributed by atoms with Crippen LogP contribution < -0.4 is 5.32 Å². The standard InChI is InChI=1S/C10H12ClN3O/c11-6-3-13-10(14-4-6)9-8-2-1-7(15-8)5-12-9/h3-4,7-9,12H,1-2,5H2. The lowest BCUT2D eigenvalue weighted by atomic mass is 10.1. The minimum Gasteiger partial charge on any atom is -0.372 e. The second kappa shape index (κ2) is 3.70. The van der Waals surface area contributed by atoms with Gasteiger partial charge in [-0.1, -0.05) is 11.6 Å². The summed E-state index contributed by atoms with van der Waals surface area (Å²) in [5.74, 6) is 0.782. The molecule has 0 aliphatic carbocycles. The molecule has 3 atom stereocenters. The molecule has 0 spiro atoms. The smallest absolute Gasteiger partial charge is 0.147 e. The van der Waals surface area contributed by atoms with Crippen LogP contribution in [-0.2, 0) is 4.74 Å². The van der Waals surface area contributed by atoms with E-state index in [1.165, 1.54) is 0 Å². The van der Waals surface area contributed by atoms with Crippen molar-refractivity contribution >= 4 is 11.6 Å². The third kappa shape index (κ3) is 1.73. The maximum absolute atomic E-state index is 5.82. The van der Waals surface area contributed by atoms with Gasteiger partial charge in [-0.05, 0) is 12.8 Å². The third-order valence-corrected chi connectivity index (χ3v) is 3.19. The Hall–Kier alpha value is -0.710. The molecule has 5 heteroatoms. The number of aromatic nitrogens is 2. The van der Waals surface area contributed by atoms with Crippen molar-refractivity contribution in [3.8, 4) is 0 Å². The monoisotopic (exact) mass is 225 g/mol. The van der Waals surface area contributed by atoms with Crippen LogP contribution in [0.3, 0.4) is 0 Å². The summed E-state index contributed by atoms with van der Waals surface area (Å²) < 4.78 is 5.82. The number of nitrogens with one attached hydrogen (secondary N) is 1. The molecule has 2 saturated heterocycles. The van der Waals surface area contributed by atoms with E-state index in [-0.39, 0.29) is 12.1 Å². The van der Waals surface area contributed by atoms with Crippen molar-refractivity contribution in [3.05, 3.63) is 23.2 Å². The molecule has 2 bridgehead atoms. The molecule has 3 rings (SSSR count). The van der Waals surface area contributed by atoms with Gasteiger partial charge in [0.25, 0.3) is 0 Å². The molecule has 4 nitrogen and oxygen atoms in total. The topological polar surface area (TPSA) is 47.0 Å². The highest BCUT2D eigenvalue weighted by molar-refractivity contribution is 6.30. The summed E-state index contributed by atoms with van der Waals surface area (Å²) in [4.78, 5) is 8.47. The Morgan fingerprint density at radius 2 is 2.13 bits per heavy atom. The molecule has 80 valence electrons. The second-order valence-electron chi connectivity index (χ2n) is 4.02. The molecule has 0 saturated carbocycles. The summed E-state index contributed by atoms with van der Waals surface area (Å²) in [6.45, 7) is 0.896. The zero-order valence-corrected chi connectivity index (χ0v) is 8.94. The zero-order valence-electron chi connectivity index (χ0n) is 8.19. The van der Waals surface area contributed by atoms with Gasteiger partial charge >= 0.3 is 0 Å². The van der Waals surface area contributed by atoms with Crippen LogP contribution in [-0.4, -0.2) is 28.7 Å². The molecule has 3 heterocycles. The summed E-state index contributed by atoms with van der Waals surface area (Å²) in [6.07, 6.45) is 6.11. The fraction of sp³-hybridized carbons (Fsp3) is 0.600. The van der Waals surface area contributed by atoms with E-state index < -0.39 is 0 Å². The van der Waals surface area contributed by atoms with Crippen molar-refractivity contribution in [2.45, 2.75) is 31.1 Å². The Morgan fingerprint density at radius 1 is 1.33 bits per heavy atom. The number of morpholine rings is 1. The van der Waals surface area contributed by atoms with Gasteiger partial charge in [-0.2, -0.15) is 0 Å². The second-order valence-corrected chi connectivity index (χ2v) is 4.46. The fourth-order valence-electron chi connectivity index (χ4n) is 2.26. The van der Waals surface area contributed by atoms with E-state index in [0.29, 0.717) is 11.1 Å². The van der Waals surface area contributed by atoms with Gasteiger partial charge in [0.05, 0.1) is 23.3 Å². The Morgan fingerprint density at radius 3 is 2.93 bits per heavy atom. The highest BCUT2D eigenvalue weighted by Crippen LogP contribution is 2.32. The highest BCUT2D eigenvalue weighted by Gasteiger charge is 2.38. The van der Waals surface area contributed by atoms with E-state index in [2.05, 4.69) is 15.3 Å². The number of halogens is 1. The van der Waals surface area contributed by atoms with Crippen LogP contribution in [0.4, 0.5) is 0 Å². The lowest BCUT2D eigenvalue weighted by Gasteiger charge is -2.29. The molecule has 15 heavy (non-hydrogen) atoms. The van der Waals surface area contributed by atoms with Gasteiger partial charge in [-0.3, -0.25) is 0 Å². The van der Waals surface area contributed by atoms with Crippen molar-refractivity contribution in [1.82, 2.24) is 15.3 Å². The molecule has 0 aromatic carbocycles. The van der Waals surface area contributed by atoms with Gasteiger partial charge in [0.15, 0.2) is 0 Å². The van der Waals surface area contributed by atoms with E-state index >= 15 is 0 Å². The predicted molar refractivity (Wildman–Crippen MR) is 55.7 cm³/mol. The zero-order chi connectivity index (χ0) is 10.3. The summed E-state index contributed by atoms with van der Waals surface area (Å²) in [6, 6.07) is 0.126. The Kier molecular flexibility index (Phi) is 2.35. The molecule has 1 N–H and O–H groups in total. The first-order valence-electron chi connectivity index (χ1n) is 5.19. The molecule has 3 unspecified atom stereocenters. The minimum atomic E-state index is 0.126. The maximum Gasteiger partial charge on any atom is 0.147 e. The lowest BCUT2D eigenvalue weighted by molar-refractivity contribution is -0.0132. The number of hydrogen-bond donors (Lipinski definition) is 1. The molecule has 1 aromatic heterocycles. The summed E-state index contributed by atoms with van der Waals surface area (Å²) in [5.41, 5.74) is 0. The average molecular weight is 226 g/mol. The number of ether oxygens (including phenoxy) is 1. The van der Waals surface area contributed by atoms with Crippen LogP contribution in [0.1, 0.15) is 24.7 Å². The van der Waals surface area contributed by atoms with Gasteiger partial charge in [0, 0.05) is 18.9 Å². The van der Waals surface area contributed by atoms with Crippen molar-refractivity contribution < 1.29 is 4.74 Å². The Balaban J connectivity index is 1.84. The first-order chi connectivity index (χ1) is 7.33. The van der Waals surface area contributed by atoms with Crippen molar-refractivity contribution in [2.24, 2.45) is 0 Å². The maximum atomic E-state index is 5.82. The predicted octanol–water partition coefficient (Wildman–Crippen LogP) is 1.32. The molecule has 0 radical (unpaired) electrons. The summed E-state index contributed by atoms with van der Waals surface area (Å²) >= 11 is 5.75. The molecule has 0 amide bonds. The van der Waals surface area contributed by atoms with Gasteiger partial charge in [-0.15, -0.1) is 0 Å². The fourth-order valence-corrected chi connectivity index (χ4v) is 2.36.